The first-order valence-corrected chi connectivity index (χ1v) is 5.68. The molecule has 0 spiro atoms. The van der Waals surface area contributed by atoms with Crippen LogP contribution in [-0.4, -0.2) is 20.3 Å². The largest absolute Gasteiger partial charge is 0.493 e. The Morgan fingerprint density at radius 2 is 2.19 bits per heavy atom. The van der Waals surface area contributed by atoms with Crippen LogP contribution in [0.15, 0.2) is 12.1 Å². The Kier molecular flexibility index (Phi) is 3.06. The maximum atomic E-state index is 5.88. The zero-order valence-corrected chi connectivity index (χ0v) is 10.3. The van der Waals surface area contributed by atoms with E-state index in [1.54, 1.807) is 7.11 Å². The minimum absolute atomic E-state index is 0.224. The highest BCUT2D eigenvalue weighted by Gasteiger charge is 2.27. The first kappa shape index (κ1) is 11.3. The van der Waals surface area contributed by atoms with Gasteiger partial charge in [0.25, 0.3) is 0 Å². The zero-order valence-electron chi connectivity index (χ0n) is 10.3. The molecule has 0 saturated carbocycles. The van der Waals surface area contributed by atoms with E-state index in [-0.39, 0.29) is 6.10 Å². The molecule has 1 N–H and O–H groups in total. The molecule has 2 atom stereocenters. The van der Waals surface area contributed by atoms with Gasteiger partial charge in [-0.1, -0.05) is 6.07 Å². The molecule has 1 aliphatic rings. The van der Waals surface area contributed by atoms with E-state index in [0.717, 1.165) is 17.9 Å². The second-order valence-corrected chi connectivity index (χ2v) is 4.39. The van der Waals surface area contributed by atoms with Crippen LogP contribution in [-0.2, 0) is 0 Å². The number of methoxy groups -OCH3 is 1. The average Bonchev–Trinajstić information content (AvgIpc) is 2.27. The topological polar surface area (TPSA) is 30.5 Å². The van der Waals surface area contributed by atoms with Crippen LogP contribution >= 0.6 is 0 Å². The lowest BCUT2D eigenvalue weighted by Crippen LogP contribution is -2.29. The normalized spacial score (nSPS) is 23.5. The number of fused-ring (bicyclic) bond motifs is 1. The molecule has 0 saturated heterocycles. The predicted octanol–water partition coefficient (Wildman–Crippen LogP) is 2.44. The summed E-state index contributed by atoms with van der Waals surface area (Å²) in [4.78, 5) is 0. The molecular formula is C13H19NO2. The van der Waals surface area contributed by atoms with Crippen molar-refractivity contribution < 1.29 is 9.47 Å². The fraction of sp³-hybridized carbons (Fsp3) is 0.538. The van der Waals surface area contributed by atoms with Gasteiger partial charge in [0.1, 0.15) is 0 Å². The van der Waals surface area contributed by atoms with E-state index in [9.17, 15) is 0 Å². The monoisotopic (exact) mass is 221 g/mol. The SMILES string of the molecule is CNC1CC(C)Oc2c(OC)cc(C)cc21. The second kappa shape index (κ2) is 4.34. The molecule has 16 heavy (non-hydrogen) atoms. The number of nitrogens with one attached hydrogen (secondary N) is 1. The van der Waals surface area contributed by atoms with Crippen molar-refractivity contribution in [3.05, 3.63) is 23.3 Å². The summed E-state index contributed by atoms with van der Waals surface area (Å²) in [5, 5.41) is 3.33. The van der Waals surface area contributed by atoms with Gasteiger partial charge in [-0.2, -0.15) is 0 Å². The molecule has 0 aliphatic carbocycles. The molecule has 0 radical (unpaired) electrons. The number of rotatable bonds is 2. The Morgan fingerprint density at radius 1 is 1.44 bits per heavy atom. The van der Waals surface area contributed by atoms with Crippen LogP contribution in [0.25, 0.3) is 0 Å². The molecule has 0 amide bonds. The minimum Gasteiger partial charge on any atom is -0.493 e. The molecule has 3 nitrogen and oxygen atoms in total. The third-order valence-corrected chi connectivity index (χ3v) is 3.06. The maximum absolute atomic E-state index is 5.88. The Bertz CT molecular complexity index is 390. The molecule has 0 aromatic heterocycles. The quantitative estimate of drug-likeness (QED) is 0.832. The summed E-state index contributed by atoms with van der Waals surface area (Å²) >= 11 is 0. The van der Waals surface area contributed by atoms with Gasteiger partial charge in [-0.3, -0.25) is 0 Å². The van der Waals surface area contributed by atoms with Crippen LogP contribution in [0.3, 0.4) is 0 Å². The Balaban J connectivity index is 2.52. The van der Waals surface area contributed by atoms with Crippen LogP contribution in [0.4, 0.5) is 0 Å². The lowest BCUT2D eigenvalue weighted by molar-refractivity contribution is 0.161. The molecule has 2 rings (SSSR count). The van der Waals surface area contributed by atoms with Gasteiger partial charge in [0.05, 0.1) is 13.2 Å². The smallest absolute Gasteiger partial charge is 0.166 e. The van der Waals surface area contributed by atoms with Crippen LogP contribution in [0, 0.1) is 6.92 Å². The van der Waals surface area contributed by atoms with Gasteiger partial charge in [0.15, 0.2) is 11.5 Å². The van der Waals surface area contributed by atoms with Crippen LogP contribution in [0.2, 0.25) is 0 Å². The molecule has 1 aromatic rings. The van der Waals surface area contributed by atoms with Gasteiger partial charge in [0.2, 0.25) is 0 Å². The summed E-state index contributed by atoms with van der Waals surface area (Å²) in [6.07, 6.45) is 1.22. The fourth-order valence-electron chi connectivity index (χ4n) is 2.29. The summed E-state index contributed by atoms with van der Waals surface area (Å²) in [5.74, 6) is 1.73. The number of aryl methyl sites for hydroxylation is 1. The van der Waals surface area contributed by atoms with Crippen molar-refractivity contribution in [2.24, 2.45) is 0 Å². The zero-order chi connectivity index (χ0) is 11.7. The van der Waals surface area contributed by atoms with Crippen molar-refractivity contribution in [2.75, 3.05) is 14.2 Å². The molecule has 0 fully saturated rings. The molecule has 1 aliphatic heterocycles. The van der Waals surface area contributed by atoms with Crippen molar-refractivity contribution >= 4 is 0 Å². The third-order valence-electron chi connectivity index (χ3n) is 3.06. The van der Waals surface area contributed by atoms with Gasteiger partial charge >= 0.3 is 0 Å². The van der Waals surface area contributed by atoms with Gasteiger partial charge < -0.3 is 14.8 Å². The third kappa shape index (κ3) is 1.87. The van der Waals surface area contributed by atoms with Crippen molar-refractivity contribution in [1.82, 2.24) is 5.32 Å². The van der Waals surface area contributed by atoms with E-state index in [1.807, 2.05) is 13.1 Å². The molecule has 3 heteroatoms. The van der Waals surface area contributed by atoms with Crippen molar-refractivity contribution in [3.63, 3.8) is 0 Å². The Labute approximate surface area is 96.8 Å². The molecule has 1 aromatic carbocycles. The average molecular weight is 221 g/mol. The lowest BCUT2D eigenvalue weighted by atomic mass is 9.95. The molecule has 1 heterocycles. The van der Waals surface area contributed by atoms with Crippen molar-refractivity contribution in [1.29, 1.82) is 0 Å². The van der Waals surface area contributed by atoms with Crippen LogP contribution < -0.4 is 14.8 Å². The number of hydrogen-bond donors (Lipinski definition) is 1. The van der Waals surface area contributed by atoms with Gasteiger partial charge in [-0.15, -0.1) is 0 Å². The molecular weight excluding hydrogens is 202 g/mol. The molecule has 88 valence electrons. The highest BCUT2D eigenvalue weighted by atomic mass is 16.5. The first-order chi connectivity index (χ1) is 7.65. The van der Waals surface area contributed by atoms with E-state index in [4.69, 9.17) is 9.47 Å². The first-order valence-electron chi connectivity index (χ1n) is 5.68. The van der Waals surface area contributed by atoms with Crippen LogP contribution in [0.1, 0.15) is 30.5 Å². The Hall–Kier alpha value is -1.22. The van der Waals surface area contributed by atoms with E-state index >= 15 is 0 Å². The summed E-state index contributed by atoms with van der Waals surface area (Å²) in [6, 6.07) is 4.54. The molecule has 2 unspecified atom stereocenters. The van der Waals surface area contributed by atoms with Crippen molar-refractivity contribution in [2.45, 2.75) is 32.4 Å². The maximum Gasteiger partial charge on any atom is 0.166 e. The number of hydrogen-bond acceptors (Lipinski definition) is 3. The number of benzene rings is 1. The summed E-state index contributed by atoms with van der Waals surface area (Å²) in [5.41, 5.74) is 2.41. The lowest BCUT2D eigenvalue weighted by Gasteiger charge is -2.31. The van der Waals surface area contributed by atoms with E-state index in [2.05, 4.69) is 25.2 Å². The summed E-state index contributed by atoms with van der Waals surface area (Å²) in [6.45, 7) is 4.17. The predicted molar refractivity (Wildman–Crippen MR) is 64.2 cm³/mol. The van der Waals surface area contributed by atoms with E-state index < -0.39 is 0 Å². The van der Waals surface area contributed by atoms with Gasteiger partial charge in [-0.25, -0.2) is 0 Å². The Morgan fingerprint density at radius 3 is 2.81 bits per heavy atom. The number of ether oxygens (including phenoxy) is 2. The van der Waals surface area contributed by atoms with Crippen molar-refractivity contribution in [3.8, 4) is 11.5 Å². The summed E-state index contributed by atoms with van der Waals surface area (Å²) in [7, 11) is 3.67. The van der Waals surface area contributed by atoms with Gasteiger partial charge in [0, 0.05) is 18.0 Å². The summed E-state index contributed by atoms with van der Waals surface area (Å²) < 4.78 is 11.3. The van der Waals surface area contributed by atoms with Crippen LogP contribution in [0.5, 0.6) is 11.5 Å². The minimum atomic E-state index is 0.224. The van der Waals surface area contributed by atoms with E-state index in [1.165, 1.54) is 11.1 Å². The highest BCUT2D eigenvalue weighted by molar-refractivity contribution is 5.51. The second-order valence-electron chi connectivity index (χ2n) is 4.39. The fourth-order valence-corrected chi connectivity index (χ4v) is 2.29. The van der Waals surface area contributed by atoms with E-state index in [0.29, 0.717) is 6.04 Å². The molecule has 0 bridgehead atoms. The standard InChI is InChI=1S/C13H19NO2/c1-8-5-10-11(14-3)7-9(2)16-13(10)12(6-8)15-4/h5-6,9,11,14H,7H2,1-4H3. The highest BCUT2D eigenvalue weighted by Crippen LogP contribution is 2.41. The van der Waals surface area contributed by atoms with Gasteiger partial charge in [-0.05, 0) is 32.5 Å².